The summed E-state index contributed by atoms with van der Waals surface area (Å²) in [5, 5.41) is 3.89. The van der Waals surface area contributed by atoms with Gasteiger partial charge in [-0.3, -0.25) is 4.98 Å². The summed E-state index contributed by atoms with van der Waals surface area (Å²) in [6.45, 7) is 1.99. The van der Waals surface area contributed by atoms with Gasteiger partial charge in [0.25, 0.3) is 0 Å². The number of halogens is 3. The number of nitrogens with one attached hydrogen (secondary N) is 1. The van der Waals surface area contributed by atoms with Crippen molar-refractivity contribution in [3.63, 3.8) is 0 Å². The molecule has 0 bridgehead atoms. The molecule has 0 radical (unpaired) electrons. The van der Waals surface area contributed by atoms with E-state index in [1.165, 1.54) is 6.07 Å². The molecule has 9 heteroatoms. The fourth-order valence-electron chi connectivity index (χ4n) is 5.11. The highest BCUT2D eigenvalue weighted by molar-refractivity contribution is 7.80. The molecule has 0 unspecified atom stereocenters. The number of para-hydroxylation sites is 1. The molecule has 3 heterocycles. The first-order valence-electron chi connectivity index (χ1n) is 13.0. The van der Waals surface area contributed by atoms with Crippen LogP contribution in [0.3, 0.4) is 0 Å². The molecule has 1 N–H and O–H groups in total. The lowest BCUT2D eigenvalue weighted by Gasteiger charge is -2.29. The second-order valence-corrected chi connectivity index (χ2v) is 10.1. The Hall–Kier alpha value is -4.63. The molecule has 0 amide bonds. The Labute approximate surface area is 240 Å². The molecule has 206 valence electrons. The molecular formula is C32H25F3N4OS. The first-order valence-corrected chi connectivity index (χ1v) is 13.4. The largest absolute Gasteiger partial charge is 0.457 e. The number of ether oxygens (including phenoxy) is 1. The lowest BCUT2D eigenvalue weighted by molar-refractivity contribution is -0.137. The van der Waals surface area contributed by atoms with Crippen molar-refractivity contribution < 1.29 is 17.9 Å². The van der Waals surface area contributed by atoms with E-state index in [0.29, 0.717) is 16.5 Å². The number of alkyl halides is 3. The maximum absolute atomic E-state index is 13.6. The summed E-state index contributed by atoms with van der Waals surface area (Å²) in [6, 6.07) is 29.3. The topological polar surface area (TPSA) is 42.3 Å². The Balaban J connectivity index is 1.41. The quantitative estimate of drug-likeness (QED) is 0.209. The molecule has 1 saturated heterocycles. The number of thiocarbonyl (C=S) groups is 1. The lowest BCUT2D eigenvalue weighted by Crippen LogP contribution is -2.30. The van der Waals surface area contributed by atoms with Crippen LogP contribution in [0.1, 0.15) is 34.6 Å². The van der Waals surface area contributed by atoms with E-state index in [-0.39, 0.29) is 6.04 Å². The van der Waals surface area contributed by atoms with Crippen LogP contribution in [0.25, 0.3) is 5.69 Å². The first kappa shape index (κ1) is 26.6. The molecule has 2 atom stereocenters. The van der Waals surface area contributed by atoms with Crippen LogP contribution >= 0.6 is 12.2 Å². The monoisotopic (exact) mass is 570 g/mol. The summed E-state index contributed by atoms with van der Waals surface area (Å²) in [5.41, 5.74) is 3.04. The Kier molecular flexibility index (Phi) is 6.96. The zero-order valence-corrected chi connectivity index (χ0v) is 22.7. The van der Waals surface area contributed by atoms with Crippen molar-refractivity contribution in [3.05, 3.63) is 138 Å². The molecule has 2 aromatic heterocycles. The van der Waals surface area contributed by atoms with Gasteiger partial charge in [-0.05, 0) is 97.5 Å². The van der Waals surface area contributed by atoms with Gasteiger partial charge in [0.15, 0.2) is 5.11 Å². The van der Waals surface area contributed by atoms with Gasteiger partial charge >= 0.3 is 6.18 Å². The van der Waals surface area contributed by atoms with Crippen LogP contribution in [0.15, 0.2) is 116 Å². The third-order valence-corrected chi connectivity index (χ3v) is 7.38. The van der Waals surface area contributed by atoms with Gasteiger partial charge < -0.3 is 19.5 Å². The van der Waals surface area contributed by atoms with Gasteiger partial charge in [0.1, 0.15) is 17.5 Å². The zero-order chi connectivity index (χ0) is 28.6. The summed E-state index contributed by atoms with van der Waals surface area (Å²) in [7, 11) is 0. The standard InChI is InChI=1S/C32H25F3N4OS/c1-21-8-2-3-13-28(21)40-25-16-14-23(15-17-25)39-30(29(37-31(39)41)26-11-4-5-18-36-26)27-12-7-19-38(27)24-10-6-9-22(20-24)32(33,34)35/h2-20,29-30H,1H3,(H,37,41)/t29-,30-/m0/s1. The highest BCUT2D eigenvalue weighted by Gasteiger charge is 2.42. The summed E-state index contributed by atoms with van der Waals surface area (Å²) in [6.07, 6.45) is -0.979. The van der Waals surface area contributed by atoms with Gasteiger partial charge in [-0.1, -0.05) is 30.3 Å². The minimum atomic E-state index is -4.45. The third-order valence-electron chi connectivity index (χ3n) is 7.07. The maximum Gasteiger partial charge on any atom is 0.416 e. The van der Waals surface area contributed by atoms with E-state index in [4.69, 9.17) is 17.0 Å². The fraction of sp³-hybridized carbons (Fsp3) is 0.125. The van der Waals surface area contributed by atoms with Crippen molar-refractivity contribution in [1.29, 1.82) is 0 Å². The number of benzene rings is 3. The zero-order valence-electron chi connectivity index (χ0n) is 21.9. The summed E-state index contributed by atoms with van der Waals surface area (Å²) >= 11 is 5.83. The normalized spacial score (nSPS) is 17.0. The first-order chi connectivity index (χ1) is 19.8. The highest BCUT2D eigenvalue weighted by atomic mass is 32.1. The second kappa shape index (κ2) is 10.7. The average Bonchev–Trinajstić information content (AvgIpc) is 3.59. The maximum atomic E-state index is 13.6. The van der Waals surface area contributed by atoms with Crippen LogP contribution in [0.2, 0.25) is 0 Å². The number of rotatable bonds is 6. The van der Waals surface area contributed by atoms with E-state index in [1.54, 1.807) is 23.0 Å². The summed E-state index contributed by atoms with van der Waals surface area (Å²) in [4.78, 5) is 6.55. The SMILES string of the molecule is Cc1ccccc1Oc1ccc(N2C(=S)N[C@@H](c3ccccn3)[C@@H]2c2cccn2-c2cccc(C(F)(F)F)c2)cc1. The van der Waals surface area contributed by atoms with E-state index >= 15 is 0 Å². The van der Waals surface area contributed by atoms with E-state index in [9.17, 15) is 13.2 Å². The smallest absolute Gasteiger partial charge is 0.416 e. The van der Waals surface area contributed by atoms with E-state index in [1.807, 2.05) is 90.7 Å². The fourth-order valence-corrected chi connectivity index (χ4v) is 5.45. The van der Waals surface area contributed by atoms with Crippen LogP contribution < -0.4 is 15.0 Å². The van der Waals surface area contributed by atoms with Crippen LogP contribution in [0.4, 0.5) is 18.9 Å². The Bertz CT molecular complexity index is 1690. The van der Waals surface area contributed by atoms with Crippen molar-refractivity contribution in [2.75, 3.05) is 4.90 Å². The summed E-state index contributed by atoms with van der Waals surface area (Å²) < 4.78 is 48.5. The average molecular weight is 571 g/mol. The molecule has 1 aliphatic heterocycles. The van der Waals surface area contributed by atoms with Gasteiger partial charge in [-0.15, -0.1) is 0 Å². The number of nitrogens with zero attached hydrogens (tertiary/aromatic N) is 3. The number of aromatic nitrogens is 2. The molecule has 3 aromatic carbocycles. The highest BCUT2D eigenvalue weighted by Crippen LogP contribution is 2.43. The number of aryl methyl sites for hydroxylation is 1. The van der Waals surface area contributed by atoms with E-state index in [2.05, 4.69) is 10.3 Å². The van der Waals surface area contributed by atoms with Crippen LogP contribution in [0, 0.1) is 6.92 Å². The molecule has 0 saturated carbocycles. The van der Waals surface area contributed by atoms with Crippen molar-refractivity contribution >= 4 is 23.0 Å². The van der Waals surface area contributed by atoms with Gasteiger partial charge in [-0.2, -0.15) is 13.2 Å². The molecule has 5 nitrogen and oxygen atoms in total. The van der Waals surface area contributed by atoms with Gasteiger partial charge in [0.05, 0.1) is 17.3 Å². The second-order valence-electron chi connectivity index (χ2n) is 9.71. The number of hydrogen-bond donors (Lipinski definition) is 1. The minimum Gasteiger partial charge on any atom is -0.457 e. The van der Waals surface area contributed by atoms with Gasteiger partial charge in [-0.25, -0.2) is 0 Å². The predicted molar refractivity (Wildman–Crippen MR) is 156 cm³/mol. The molecule has 1 aliphatic rings. The molecule has 5 aromatic rings. The van der Waals surface area contributed by atoms with Crippen molar-refractivity contribution in [2.45, 2.75) is 25.2 Å². The lowest BCUT2D eigenvalue weighted by atomic mass is 10.0. The molecule has 6 rings (SSSR count). The summed E-state index contributed by atoms with van der Waals surface area (Å²) in [5.74, 6) is 1.44. The molecule has 0 spiro atoms. The molecule has 1 fully saturated rings. The molecule has 41 heavy (non-hydrogen) atoms. The Morgan fingerprint density at radius 1 is 0.854 bits per heavy atom. The van der Waals surface area contributed by atoms with Crippen molar-refractivity contribution in [1.82, 2.24) is 14.9 Å². The molecular weight excluding hydrogens is 545 g/mol. The van der Waals surface area contributed by atoms with Crippen LogP contribution in [-0.2, 0) is 6.18 Å². The Morgan fingerprint density at radius 3 is 2.37 bits per heavy atom. The predicted octanol–water partition coefficient (Wildman–Crippen LogP) is 8.17. The Morgan fingerprint density at radius 2 is 1.63 bits per heavy atom. The molecule has 0 aliphatic carbocycles. The minimum absolute atomic E-state index is 0.356. The van der Waals surface area contributed by atoms with Crippen molar-refractivity contribution in [2.24, 2.45) is 0 Å². The third kappa shape index (κ3) is 5.28. The van der Waals surface area contributed by atoms with E-state index < -0.39 is 17.8 Å². The van der Waals surface area contributed by atoms with Gasteiger partial charge in [0.2, 0.25) is 0 Å². The number of pyridine rings is 1. The number of anilines is 1. The van der Waals surface area contributed by atoms with Crippen LogP contribution in [0.5, 0.6) is 11.5 Å². The van der Waals surface area contributed by atoms with Crippen molar-refractivity contribution in [3.8, 4) is 17.2 Å². The van der Waals surface area contributed by atoms with E-state index in [0.717, 1.165) is 40.5 Å². The van der Waals surface area contributed by atoms with Gasteiger partial charge in [0, 0.05) is 29.5 Å². The number of hydrogen-bond acceptors (Lipinski definition) is 3. The van der Waals surface area contributed by atoms with Crippen LogP contribution in [-0.4, -0.2) is 14.7 Å².